The molecular weight excluding hydrogens is 396 g/mol. The Hall–Kier alpha value is -4.12. The SMILES string of the molecule is COc1cc(/C=C2\C(=O)N(CCC#N)N=C2C)ccc1OCC(=O)Nc1ccccc1. The van der Waals surface area contributed by atoms with E-state index in [1.165, 1.54) is 12.1 Å². The van der Waals surface area contributed by atoms with Gasteiger partial charge in [-0.05, 0) is 42.8 Å². The third-order valence-corrected chi connectivity index (χ3v) is 4.48. The average Bonchev–Trinajstić information content (AvgIpc) is 3.04. The summed E-state index contributed by atoms with van der Waals surface area (Å²) in [5.41, 5.74) is 2.45. The van der Waals surface area contributed by atoms with Crippen molar-refractivity contribution in [3.05, 3.63) is 59.7 Å². The summed E-state index contributed by atoms with van der Waals surface area (Å²) in [5.74, 6) is 0.305. The molecule has 31 heavy (non-hydrogen) atoms. The fourth-order valence-electron chi connectivity index (χ4n) is 2.97. The lowest BCUT2D eigenvalue weighted by Crippen LogP contribution is -2.22. The number of nitrogens with one attached hydrogen (secondary N) is 1. The second-order valence-electron chi connectivity index (χ2n) is 6.69. The minimum atomic E-state index is -0.291. The largest absolute Gasteiger partial charge is 0.493 e. The number of carbonyl (C=O) groups is 2. The molecule has 1 heterocycles. The van der Waals surface area contributed by atoms with Gasteiger partial charge in [-0.2, -0.15) is 10.4 Å². The van der Waals surface area contributed by atoms with Crippen molar-refractivity contribution in [2.24, 2.45) is 5.10 Å². The van der Waals surface area contributed by atoms with Gasteiger partial charge in [-0.15, -0.1) is 0 Å². The molecule has 2 aromatic carbocycles. The van der Waals surface area contributed by atoms with Crippen LogP contribution in [0.15, 0.2) is 59.2 Å². The van der Waals surface area contributed by atoms with E-state index in [0.29, 0.717) is 28.5 Å². The van der Waals surface area contributed by atoms with E-state index in [2.05, 4.69) is 10.4 Å². The lowest BCUT2D eigenvalue weighted by Gasteiger charge is -2.12. The first-order valence-electron chi connectivity index (χ1n) is 9.63. The molecule has 0 aliphatic carbocycles. The molecule has 1 aliphatic rings. The van der Waals surface area contributed by atoms with Gasteiger partial charge in [-0.3, -0.25) is 9.59 Å². The van der Waals surface area contributed by atoms with Crippen molar-refractivity contribution in [2.45, 2.75) is 13.3 Å². The highest BCUT2D eigenvalue weighted by Crippen LogP contribution is 2.30. The van der Waals surface area contributed by atoms with E-state index in [-0.39, 0.29) is 31.4 Å². The van der Waals surface area contributed by atoms with E-state index in [9.17, 15) is 9.59 Å². The monoisotopic (exact) mass is 418 g/mol. The summed E-state index contributed by atoms with van der Waals surface area (Å²) in [5, 5.41) is 17.0. The van der Waals surface area contributed by atoms with E-state index in [1.54, 1.807) is 43.3 Å². The van der Waals surface area contributed by atoms with Gasteiger partial charge in [-0.1, -0.05) is 24.3 Å². The molecule has 0 spiro atoms. The predicted octanol–water partition coefficient (Wildman–Crippen LogP) is 3.23. The van der Waals surface area contributed by atoms with Crippen LogP contribution in [-0.2, 0) is 9.59 Å². The topological polar surface area (TPSA) is 104 Å². The molecule has 3 rings (SSSR count). The highest BCUT2D eigenvalue weighted by molar-refractivity contribution is 6.26. The molecule has 8 heteroatoms. The minimum Gasteiger partial charge on any atom is -0.493 e. The Balaban J connectivity index is 1.68. The number of hydrazone groups is 1. The molecular formula is C23H22N4O4. The lowest BCUT2D eigenvalue weighted by atomic mass is 10.1. The number of carbonyl (C=O) groups excluding carboxylic acids is 2. The molecule has 0 saturated carbocycles. The molecule has 8 nitrogen and oxygen atoms in total. The minimum absolute atomic E-state index is 0.177. The van der Waals surface area contributed by atoms with Crippen LogP contribution in [-0.4, -0.2) is 42.8 Å². The number of hydrogen-bond donors (Lipinski definition) is 1. The van der Waals surface area contributed by atoms with Crippen LogP contribution >= 0.6 is 0 Å². The summed E-state index contributed by atoms with van der Waals surface area (Å²) in [6.45, 7) is 1.82. The average molecular weight is 418 g/mol. The molecule has 0 aromatic heterocycles. The fourth-order valence-corrected chi connectivity index (χ4v) is 2.97. The van der Waals surface area contributed by atoms with Crippen molar-refractivity contribution < 1.29 is 19.1 Å². The zero-order valence-corrected chi connectivity index (χ0v) is 17.3. The van der Waals surface area contributed by atoms with Crippen LogP contribution in [0.5, 0.6) is 11.5 Å². The second kappa shape index (κ2) is 10.1. The van der Waals surface area contributed by atoms with Gasteiger partial charge < -0.3 is 14.8 Å². The number of anilines is 1. The van der Waals surface area contributed by atoms with E-state index in [4.69, 9.17) is 14.7 Å². The molecule has 0 fully saturated rings. The number of methoxy groups -OCH3 is 1. The highest BCUT2D eigenvalue weighted by Gasteiger charge is 2.27. The molecule has 2 aromatic rings. The van der Waals surface area contributed by atoms with Gasteiger partial charge in [0.2, 0.25) is 0 Å². The maximum absolute atomic E-state index is 12.5. The molecule has 0 bridgehead atoms. The number of hydrogen-bond acceptors (Lipinski definition) is 6. The van der Waals surface area contributed by atoms with Gasteiger partial charge in [-0.25, -0.2) is 5.01 Å². The summed E-state index contributed by atoms with van der Waals surface area (Å²) in [6, 6.07) is 16.3. The normalized spacial score (nSPS) is 14.2. The number of nitriles is 1. The molecule has 158 valence electrons. The van der Waals surface area contributed by atoms with Crippen LogP contribution in [0, 0.1) is 11.3 Å². The van der Waals surface area contributed by atoms with Crippen LogP contribution < -0.4 is 14.8 Å². The smallest absolute Gasteiger partial charge is 0.275 e. The van der Waals surface area contributed by atoms with Gasteiger partial charge in [0.15, 0.2) is 18.1 Å². The molecule has 0 unspecified atom stereocenters. The third kappa shape index (κ3) is 5.48. The zero-order chi connectivity index (χ0) is 22.2. The Kier molecular flexibility index (Phi) is 7.01. The molecule has 0 saturated heterocycles. The Morgan fingerprint density at radius 1 is 1.23 bits per heavy atom. The number of para-hydroxylation sites is 1. The van der Waals surface area contributed by atoms with Crippen LogP contribution in [0.2, 0.25) is 0 Å². The van der Waals surface area contributed by atoms with Gasteiger partial charge in [0.1, 0.15) is 0 Å². The highest BCUT2D eigenvalue weighted by atomic mass is 16.5. The first-order chi connectivity index (χ1) is 15.0. The van der Waals surface area contributed by atoms with Crippen LogP contribution in [0.3, 0.4) is 0 Å². The molecule has 1 aliphatic heterocycles. The maximum atomic E-state index is 12.5. The summed E-state index contributed by atoms with van der Waals surface area (Å²) in [6.07, 6.45) is 1.93. The summed E-state index contributed by atoms with van der Waals surface area (Å²) in [7, 11) is 1.50. The zero-order valence-electron chi connectivity index (χ0n) is 17.3. The third-order valence-electron chi connectivity index (χ3n) is 4.48. The Bertz CT molecular complexity index is 1070. The van der Waals surface area contributed by atoms with Crippen molar-refractivity contribution in [1.82, 2.24) is 5.01 Å². The van der Waals surface area contributed by atoms with Gasteiger partial charge in [0.25, 0.3) is 11.8 Å². The fraction of sp³-hybridized carbons (Fsp3) is 0.217. The van der Waals surface area contributed by atoms with Crippen molar-refractivity contribution in [1.29, 1.82) is 5.26 Å². The summed E-state index contributed by atoms with van der Waals surface area (Å²) < 4.78 is 11.0. The van der Waals surface area contributed by atoms with E-state index in [0.717, 1.165) is 5.56 Å². The molecule has 0 radical (unpaired) electrons. The Morgan fingerprint density at radius 3 is 2.71 bits per heavy atom. The Labute approximate surface area is 180 Å². The van der Waals surface area contributed by atoms with Crippen LogP contribution in [0.1, 0.15) is 18.9 Å². The maximum Gasteiger partial charge on any atom is 0.275 e. The Morgan fingerprint density at radius 2 is 2.00 bits per heavy atom. The van der Waals surface area contributed by atoms with E-state index >= 15 is 0 Å². The van der Waals surface area contributed by atoms with Crippen molar-refractivity contribution in [2.75, 3.05) is 25.6 Å². The number of benzene rings is 2. The van der Waals surface area contributed by atoms with Gasteiger partial charge in [0.05, 0.1) is 37.4 Å². The molecule has 1 N–H and O–H groups in total. The summed E-state index contributed by atoms with van der Waals surface area (Å²) in [4.78, 5) is 24.6. The van der Waals surface area contributed by atoms with Gasteiger partial charge in [0, 0.05) is 5.69 Å². The van der Waals surface area contributed by atoms with Crippen LogP contribution in [0.4, 0.5) is 5.69 Å². The summed E-state index contributed by atoms with van der Waals surface area (Å²) >= 11 is 0. The number of nitrogens with zero attached hydrogens (tertiary/aromatic N) is 3. The first-order valence-corrected chi connectivity index (χ1v) is 9.63. The second-order valence-corrected chi connectivity index (χ2v) is 6.69. The number of ether oxygens (including phenoxy) is 2. The van der Waals surface area contributed by atoms with E-state index < -0.39 is 0 Å². The standard InChI is InChI=1S/C23H22N4O4/c1-16-19(23(29)27(26-16)12-6-11-24)13-17-9-10-20(21(14-17)30-2)31-15-22(28)25-18-7-4-3-5-8-18/h3-5,7-10,13-14H,6,12,15H2,1-2H3,(H,25,28)/b19-13-. The number of rotatable bonds is 8. The van der Waals surface area contributed by atoms with Crippen molar-refractivity contribution in [3.63, 3.8) is 0 Å². The predicted molar refractivity (Wildman–Crippen MR) is 117 cm³/mol. The van der Waals surface area contributed by atoms with Crippen LogP contribution in [0.25, 0.3) is 6.08 Å². The quantitative estimate of drug-likeness (QED) is 0.663. The lowest BCUT2D eigenvalue weighted by molar-refractivity contribution is -0.125. The number of amides is 2. The van der Waals surface area contributed by atoms with E-state index in [1.807, 2.05) is 24.3 Å². The van der Waals surface area contributed by atoms with Gasteiger partial charge >= 0.3 is 0 Å². The first kappa shape index (κ1) is 21.6. The van der Waals surface area contributed by atoms with Crippen molar-refractivity contribution >= 4 is 29.3 Å². The molecule has 0 atom stereocenters. The molecule has 2 amide bonds. The van der Waals surface area contributed by atoms with Crippen molar-refractivity contribution in [3.8, 4) is 17.6 Å².